The molecular weight excluding hydrogens is 860 g/mol. The summed E-state index contributed by atoms with van der Waals surface area (Å²) in [6, 6.07) is 94.4. The smallest absolute Gasteiger partial charge is 0.253 e. The van der Waals surface area contributed by atoms with Crippen LogP contribution < -0.4 is 26.2 Å². The maximum atomic E-state index is 5.47. The van der Waals surface area contributed by atoms with Gasteiger partial charge in [-0.15, -0.1) is 0 Å². The van der Waals surface area contributed by atoms with Crippen molar-refractivity contribution in [3.05, 3.63) is 261 Å². The maximum absolute atomic E-state index is 5.47. The van der Waals surface area contributed by atoms with Crippen molar-refractivity contribution in [2.24, 2.45) is 0 Å². The van der Waals surface area contributed by atoms with Crippen molar-refractivity contribution >= 4 is 78.8 Å². The highest BCUT2D eigenvalue weighted by Crippen LogP contribution is 2.48. The Morgan fingerprint density at radius 1 is 0.268 bits per heavy atom. The summed E-state index contributed by atoms with van der Waals surface area (Å²) in [6.45, 7) is -0.110. The van der Waals surface area contributed by atoms with Gasteiger partial charge in [0.05, 0.1) is 11.4 Å². The molecule has 0 amide bonds. The van der Waals surface area contributed by atoms with Crippen LogP contribution in [0.2, 0.25) is 0 Å². The van der Waals surface area contributed by atoms with Gasteiger partial charge in [-0.3, -0.25) is 0 Å². The van der Waals surface area contributed by atoms with E-state index in [2.05, 4.69) is 265 Å². The second kappa shape index (κ2) is 16.7. The van der Waals surface area contributed by atoms with Crippen LogP contribution >= 0.6 is 0 Å². The van der Waals surface area contributed by atoms with Crippen LogP contribution in [0.25, 0.3) is 77.7 Å². The SMILES string of the molecule is c1ccc(-c2ccc(N3c4cc(-c5cc(-c6ccccc6)nc(-c6ccccc6)n5)cc5c4B(c4c3ccc3ccccc43)c3c(ccc4ccccc34)N5c3ccc(-c4ccccc4)cc3)cc2)cc1. The van der Waals surface area contributed by atoms with Crippen LogP contribution in [0.1, 0.15) is 0 Å². The summed E-state index contributed by atoms with van der Waals surface area (Å²) >= 11 is 0. The minimum atomic E-state index is -0.110. The molecule has 0 aliphatic carbocycles. The first-order valence-electron chi connectivity index (χ1n) is 24.3. The third kappa shape index (κ3) is 6.85. The molecule has 0 N–H and O–H groups in total. The van der Waals surface area contributed by atoms with Gasteiger partial charge in [-0.2, -0.15) is 0 Å². The molecule has 330 valence electrons. The molecule has 0 saturated heterocycles. The fourth-order valence-corrected chi connectivity index (χ4v) is 11.2. The molecule has 3 heterocycles. The lowest BCUT2D eigenvalue weighted by Gasteiger charge is -2.45. The molecule has 2 aliphatic heterocycles. The lowest BCUT2D eigenvalue weighted by molar-refractivity contribution is 1.18. The molecular formula is C66H43BN4. The standard InChI is InChI=1S/C66H43BN4/c1-5-17-44(18-6-1)46-29-35-53(36-30-46)70-59-39-33-48-21-13-15-27-55(48)63(59)67-64-56-28-16-14-22-49(56)34-40-60(64)71(54-37-31-47(32-38-54)45-19-7-2-8-20-45)62-42-52(41-61(70)65(62)67)58-43-57(50-23-9-3-10-24-50)68-66(69-58)51-25-11-4-12-26-51/h1-43H. The average Bonchev–Trinajstić information content (AvgIpc) is 3.45. The van der Waals surface area contributed by atoms with Crippen molar-refractivity contribution in [1.82, 2.24) is 9.97 Å². The largest absolute Gasteiger partial charge is 0.311 e. The Morgan fingerprint density at radius 3 is 1.11 bits per heavy atom. The van der Waals surface area contributed by atoms with E-state index in [0.717, 1.165) is 62.2 Å². The van der Waals surface area contributed by atoms with Gasteiger partial charge in [-0.25, -0.2) is 9.97 Å². The highest BCUT2D eigenvalue weighted by Gasteiger charge is 2.45. The molecule has 0 atom stereocenters. The van der Waals surface area contributed by atoms with E-state index in [-0.39, 0.29) is 6.71 Å². The molecule has 0 radical (unpaired) electrons. The number of hydrogen-bond acceptors (Lipinski definition) is 4. The molecule has 0 bridgehead atoms. The van der Waals surface area contributed by atoms with E-state index >= 15 is 0 Å². The Labute approximate surface area is 413 Å². The number of anilines is 6. The first-order valence-corrected chi connectivity index (χ1v) is 24.3. The number of fused-ring (bicyclic) bond motifs is 8. The van der Waals surface area contributed by atoms with E-state index in [1.54, 1.807) is 0 Å². The molecule has 4 nitrogen and oxygen atoms in total. The summed E-state index contributed by atoms with van der Waals surface area (Å²) < 4.78 is 0. The molecule has 0 unspecified atom stereocenters. The number of hydrogen-bond donors (Lipinski definition) is 0. The zero-order valence-corrected chi connectivity index (χ0v) is 38.7. The summed E-state index contributed by atoms with van der Waals surface area (Å²) in [5, 5.41) is 4.93. The van der Waals surface area contributed by atoms with E-state index in [1.807, 2.05) is 6.07 Å². The van der Waals surface area contributed by atoms with Crippen LogP contribution in [0.15, 0.2) is 261 Å². The number of aromatic nitrogens is 2. The molecule has 0 spiro atoms. The average molecular weight is 903 g/mol. The van der Waals surface area contributed by atoms with Crippen LogP contribution in [0.4, 0.5) is 34.1 Å². The lowest BCUT2D eigenvalue weighted by Crippen LogP contribution is -2.61. The second-order valence-corrected chi connectivity index (χ2v) is 18.5. The molecule has 0 fully saturated rings. The Bertz CT molecular complexity index is 3720. The Morgan fingerprint density at radius 2 is 0.648 bits per heavy atom. The second-order valence-electron chi connectivity index (χ2n) is 18.5. The van der Waals surface area contributed by atoms with Gasteiger partial charge in [-0.05, 0) is 115 Å². The molecule has 14 rings (SSSR count). The molecule has 2 aliphatic rings. The Hall–Kier alpha value is -9.32. The summed E-state index contributed by atoms with van der Waals surface area (Å²) in [5.74, 6) is 0.682. The third-order valence-corrected chi connectivity index (χ3v) is 14.5. The summed E-state index contributed by atoms with van der Waals surface area (Å²) in [4.78, 5) is 15.7. The number of benzene rings is 11. The maximum Gasteiger partial charge on any atom is 0.253 e. The molecule has 0 saturated carbocycles. The zero-order valence-electron chi connectivity index (χ0n) is 38.7. The molecule has 5 heteroatoms. The van der Waals surface area contributed by atoms with E-state index in [9.17, 15) is 0 Å². The summed E-state index contributed by atoms with van der Waals surface area (Å²) in [5.41, 5.74) is 20.0. The van der Waals surface area contributed by atoms with Crippen molar-refractivity contribution in [3.63, 3.8) is 0 Å². The molecule has 11 aromatic carbocycles. The topological polar surface area (TPSA) is 32.3 Å². The quantitative estimate of drug-likeness (QED) is 0.149. The zero-order chi connectivity index (χ0) is 46.8. The van der Waals surface area contributed by atoms with Gasteiger partial charge in [0.2, 0.25) is 0 Å². The summed E-state index contributed by atoms with van der Waals surface area (Å²) in [6.07, 6.45) is 0. The van der Waals surface area contributed by atoms with Crippen molar-refractivity contribution in [3.8, 4) is 56.2 Å². The van der Waals surface area contributed by atoms with Crippen molar-refractivity contribution in [1.29, 1.82) is 0 Å². The molecule has 12 aromatic rings. The van der Waals surface area contributed by atoms with Gasteiger partial charge < -0.3 is 9.80 Å². The third-order valence-electron chi connectivity index (χ3n) is 14.5. The number of nitrogens with zero attached hydrogens (tertiary/aromatic N) is 4. The van der Waals surface area contributed by atoms with E-state index in [1.165, 1.54) is 60.2 Å². The van der Waals surface area contributed by atoms with Crippen LogP contribution in [0.3, 0.4) is 0 Å². The highest BCUT2D eigenvalue weighted by molar-refractivity contribution is 7.03. The Balaban J connectivity index is 1.10. The van der Waals surface area contributed by atoms with Crippen LogP contribution in [-0.2, 0) is 0 Å². The predicted octanol–water partition coefficient (Wildman–Crippen LogP) is 15.2. The Kier molecular flexibility index (Phi) is 9.59. The summed E-state index contributed by atoms with van der Waals surface area (Å²) in [7, 11) is 0. The van der Waals surface area contributed by atoms with Crippen molar-refractivity contribution in [2.45, 2.75) is 0 Å². The van der Waals surface area contributed by atoms with E-state index < -0.39 is 0 Å². The van der Waals surface area contributed by atoms with Gasteiger partial charge in [0.15, 0.2) is 5.82 Å². The number of rotatable bonds is 7. The van der Waals surface area contributed by atoms with E-state index in [4.69, 9.17) is 9.97 Å². The predicted molar refractivity (Wildman–Crippen MR) is 298 cm³/mol. The van der Waals surface area contributed by atoms with Gasteiger partial charge in [-0.1, -0.05) is 206 Å². The minimum absolute atomic E-state index is 0.110. The lowest BCUT2D eigenvalue weighted by atomic mass is 9.32. The fourth-order valence-electron chi connectivity index (χ4n) is 11.2. The van der Waals surface area contributed by atoms with Gasteiger partial charge in [0.1, 0.15) is 0 Å². The first-order chi connectivity index (χ1) is 35.2. The van der Waals surface area contributed by atoms with E-state index in [0.29, 0.717) is 5.82 Å². The van der Waals surface area contributed by atoms with Crippen molar-refractivity contribution in [2.75, 3.05) is 9.80 Å². The monoisotopic (exact) mass is 902 g/mol. The first kappa shape index (κ1) is 40.7. The van der Waals surface area contributed by atoms with Gasteiger partial charge >= 0.3 is 0 Å². The van der Waals surface area contributed by atoms with Crippen LogP contribution in [-0.4, -0.2) is 16.7 Å². The highest BCUT2D eigenvalue weighted by atomic mass is 15.2. The van der Waals surface area contributed by atoms with Crippen LogP contribution in [0, 0.1) is 0 Å². The molecule has 1 aromatic heterocycles. The van der Waals surface area contributed by atoms with Crippen LogP contribution in [0.5, 0.6) is 0 Å². The van der Waals surface area contributed by atoms with Gasteiger partial charge in [0, 0.05) is 50.8 Å². The van der Waals surface area contributed by atoms with Gasteiger partial charge in [0.25, 0.3) is 6.71 Å². The molecule has 71 heavy (non-hydrogen) atoms. The normalized spacial score (nSPS) is 12.4. The van der Waals surface area contributed by atoms with Crippen molar-refractivity contribution < 1.29 is 0 Å². The minimum Gasteiger partial charge on any atom is -0.311 e. The fraction of sp³-hybridized carbons (Fsp3) is 0.